The van der Waals surface area contributed by atoms with Gasteiger partial charge in [-0.2, -0.15) is 26.3 Å². The lowest BCUT2D eigenvalue weighted by molar-refractivity contribution is -0.143. The van der Waals surface area contributed by atoms with E-state index < -0.39 is 64.8 Å². The maximum Gasteiger partial charge on any atom is 0.416 e. The number of likely N-dealkylation sites (tertiary alicyclic amines) is 1. The minimum atomic E-state index is -5.03. The van der Waals surface area contributed by atoms with Gasteiger partial charge in [0.2, 0.25) is 0 Å². The fraction of sp³-hybridized carbons (Fsp3) is 0.500. The molecule has 1 spiro atoms. The van der Waals surface area contributed by atoms with Crippen LogP contribution in [0.4, 0.5) is 35.5 Å². The SMILES string of the molecule is Cc1cc(F)ccc1[C@H]1CC2(CCN1C(=O)N(C)[C@H](C)c1cc(C(F)(F)F)cc(C(F)(F)F)c1)CC(C(=O)O)CN2. The molecule has 2 aromatic carbocycles. The highest BCUT2D eigenvalue weighted by Gasteiger charge is 2.48. The van der Waals surface area contributed by atoms with Crippen LogP contribution in [0, 0.1) is 18.7 Å². The number of nitrogens with zero attached hydrogens (tertiary/aromatic N) is 2. The van der Waals surface area contributed by atoms with E-state index >= 15 is 0 Å². The highest BCUT2D eigenvalue weighted by atomic mass is 19.4. The van der Waals surface area contributed by atoms with Crippen LogP contribution >= 0.6 is 0 Å². The molecule has 2 aliphatic rings. The van der Waals surface area contributed by atoms with E-state index in [1.807, 2.05) is 0 Å². The van der Waals surface area contributed by atoms with Gasteiger partial charge in [0.05, 0.1) is 29.1 Å². The summed E-state index contributed by atoms with van der Waals surface area (Å²) in [5.41, 5.74) is -2.75. The number of rotatable bonds is 4. The van der Waals surface area contributed by atoms with Crippen LogP contribution in [0.25, 0.3) is 0 Å². The molecule has 2 unspecified atom stereocenters. The van der Waals surface area contributed by atoms with E-state index in [1.54, 1.807) is 6.92 Å². The molecular formula is C28H30F7N3O3. The summed E-state index contributed by atoms with van der Waals surface area (Å²) < 4.78 is 94.6. The highest BCUT2D eigenvalue weighted by Crippen LogP contribution is 2.44. The van der Waals surface area contributed by atoms with Gasteiger partial charge >= 0.3 is 24.4 Å². The molecule has 4 atom stereocenters. The van der Waals surface area contributed by atoms with Crippen LogP contribution in [0.5, 0.6) is 0 Å². The van der Waals surface area contributed by atoms with Crippen molar-refractivity contribution < 1.29 is 45.4 Å². The standard InChI is InChI=1S/C28H30F7N3O3/c1-15-8-21(29)4-5-22(15)23-13-26(12-18(14-36-26)24(39)40)6-7-38(23)25(41)37(3)16(2)17-9-19(27(30,31)32)11-20(10-17)28(33,34)35/h4-5,8-11,16,18,23,36H,6-7,12-14H2,1-3H3,(H,39,40)/t16-,18?,23-,26?/m1/s1. The Balaban J connectivity index is 1.68. The third-order valence-corrected chi connectivity index (χ3v) is 8.31. The summed E-state index contributed by atoms with van der Waals surface area (Å²) in [5, 5.41) is 12.8. The number of nitrogens with one attached hydrogen (secondary N) is 1. The quantitative estimate of drug-likeness (QED) is 0.397. The third kappa shape index (κ3) is 6.29. The number of benzene rings is 2. The number of carbonyl (C=O) groups excluding carboxylic acids is 1. The Kier molecular flexibility index (Phi) is 8.07. The molecule has 0 bridgehead atoms. The van der Waals surface area contributed by atoms with Crippen molar-refractivity contribution in [1.29, 1.82) is 0 Å². The number of alkyl halides is 6. The van der Waals surface area contributed by atoms with Gasteiger partial charge in [0.15, 0.2) is 0 Å². The Morgan fingerprint density at radius 2 is 1.66 bits per heavy atom. The minimum Gasteiger partial charge on any atom is -0.481 e. The summed E-state index contributed by atoms with van der Waals surface area (Å²) in [5.74, 6) is -2.07. The highest BCUT2D eigenvalue weighted by molar-refractivity contribution is 5.76. The lowest BCUT2D eigenvalue weighted by atomic mass is 9.77. The van der Waals surface area contributed by atoms with Gasteiger partial charge in [-0.15, -0.1) is 0 Å². The molecule has 0 radical (unpaired) electrons. The number of carboxylic acids is 1. The molecule has 2 N–H and O–H groups in total. The third-order valence-electron chi connectivity index (χ3n) is 8.31. The topological polar surface area (TPSA) is 72.9 Å². The maximum atomic E-state index is 13.9. The molecule has 224 valence electrons. The Bertz CT molecular complexity index is 1300. The summed E-state index contributed by atoms with van der Waals surface area (Å²) in [6.07, 6.45) is -9.08. The van der Waals surface area contributed by atoms with E-state index in [-0.39, 0.29) is 24.7 Å². The molecule has 41 heavy (non-hydrogen) atoms. The second-order valence-corrected chi connectivity index (χ2v) is 11.0. The van der Waals surface area contributed by atoms with Gasteiger partial charge in [-0.05, 0) is 80.1 Å². The monoisotopic (exact) mass is 589 g/mol. The van der Waals surface area contributed by atoms with E-state index in [0.29, 0.717) is 42.5 Å². The first-order chi connectivity index (χ1) is 18.9. The van der Waals surface area contributed by atoms with Crippen molar-refractivity contribution in [2.45, 2.75) is 63.1 Å². The molecule has 0 aromatic heterocycles. The van der Waals surface area contributed by atoms with Crippen LogP contribution in [-0.4, -0.2) is 52.6 Å². The van der Waals surface area contributed by atoms with Gasteiger partial charge in [0.25, 0.3) is 0 Å². The molecule has 2 aromatic rings. The van der Waals surface area contributed by atoms with Crippen LogP contribution in [0.15, 0.2) is 36.4 Å². The average Bonchev–Trinajstić information content (AvgIpc) is 3.29. The molecule has 2 fully saturated rings. The predicted molar refractivity (Wildman–Crippen MR) is 134 cm³/mol. The number of hydrogen-bond donors (Lipinski definition) is 2. The minimum absolute atomic E-state index is 0.0362. The van der Waals surface area contributed by atoms with Gasteiger partial charge in [-0.25, -0.2) is 9.18 Å². The molecule has 2 aliphatic heterocycles. The summed E-state index contributed by atoms with van der Waals surface area (Å²) in [6.45, 7) is 3.38. The number of urea groups is 1. The number of hydrogen-bond acceptors (Lipinski definition) is 3. The van der Waals surface area contributed by atoms with E-state index in [9.17, 15) is 45.4 Å². The lowest BCUT2D eigenvalue weighted by Crippen LogP contribution is -2.55. The number of piperidine rings is 1. The molecule has 2 saturated heterocycles. The number of amides is 2. The largest absolute Gasteiger partial charge is 0.481 e. The smallest absolute Gasteiger partial charge is 0.416 e. The molecular weight excluding hydrogens is 559 g/mol. The van der Waals surface area contributed by atoms with Gasteiger partial charge in [-0.1, -0.05) is 6.07 Å². The van der Waals surface area contributed by atoms with Crippen molar-refractivity contribution in [2.24, 2.45) is 5.92 Å². The number of aryl methyl sites for hydroxylation is 1. The van der Waals surface area contributed by atoms with Crippen LogP contribution in [0.2, 0.25) is 0 Å². The lowest BCUT2D eigenvalue weighted by Gasteiger charge is -2.47. The van der Waals surface area contributed by atoms with E-state index in [1.165, 1.54) is 37.1 Å². The van der Waals surface area contributed by atoms with Crippen LogP contribution in [-0.2, 0) is 17.1 Å². The number of carboxylic acid groups (broad SMARTS) is 1. The van der Waals surface area contributed by atoms with E-state index in [4.69, 9.17) is 0 Å². The van der Waals surface area contributed by atoms with Gasteiger partial charge in [0, 0.05) is 25.7 Å². The first-order valence-electron chi connectivity index (χ1n) is 13.0. The molecule has 2 amide bonds. The van der Waals surface area contributed by atoms with Crippen LogP contribution < -0.4 is 5.32 Å². The Morgan fingerprint density at radius 1 is 1.05 bits per heavy atom. The first-order valence-corrected chi connectivity index (χ1v) is 13.0. The van der Waals surface area contributed by atoms with Crippen molar-refractivity contribution in [3.05, 3.63) is 70.0 Å². The van der Waals surface area contributed by atoms with Gasteiger partial charge < -0.3 is 20.2 Å². The molecule has 13 heteroatoms. The predicted octanol–water partition coefficient (Wildman–Crippen LogP) is 6.55. The first kappa shape index (κ1) is 30.6. The van der Waals surface area contributed by atoms with Gasteiger partial charge in [-0.3, -0.25) is 4.79 Å². The zero-order valence-electron chi connectivity index (χ0n) is 22.5. The fourth-order valence-corrected chi connectivity index (χ4v) is 5.88. The van der Waals surface area contributed by atoms with Crippen molar-refractivity contribution in [1.82, 2.24) is 15.1 Å². The molecule has 4 rings (SSSR count). The van der Waals surface area contributed by atoms with Crippen molar-refractivity contribution in [3.8, 4) is 0 Å². The van der Waals surface area contributed by atoms with E-state index in [2.05, 4.69) is 5.32 Å². The fourth-order valence-electron chi connectivity index (χ4n) is 5.88. The normalized spacial score (nSPS) is 24.0. The Morgan fingerprint density at radius 3 is 2.17 bits per heavy atom. The van der Waals surface area contributed by atoms with E-state index in [0.717, 1.165) is 4.90 Å². The second kappa shape index (κ2) is 10.8. The van der Waals surface area contributed by atoms with Crippen molar-refractivity contribution in [3.63, 3.8) is 0 Å². The average molecular weight is 590 g/mol. The molecule has 2 heterocycles. The van der Waals surface area contributed by atoms with Crippen LogP contribution in [0.3, 0.4) is 0 Å². The van der Waals surface area contributed by atoms with Crippen LogP contribution in [0.1, 0.15) is 66.1 Å². The molecule has 0 saturated carbocycles. The van der Waals surface area contributed by atoms with Crippen molar-refractivity contribution >= 4 is 12.0 Å². The second-order valence-electron chi connectivity index (χ2n) is 11.0. The maximum absolute atomic E-state index is 13.9. The summed E-state index contributed by atoms with van der Waals surface area (Å²) in [4.78, 5) is 28.0. The zero-order chi connectivity index (χ0) is 30.5. The Labute approximate surface area is 232 Å². The molecule has 6 nitrogen and oxygen atoms in total. The van der Waals surface area contributed by atoms with Crippen molar-refractivity contribution in [2.75, 3.05) is 20.1 Å². The Hall–Kier alpha value is -3.35. The summed E-state index contributed by atoms with van der Waals surface area (Å²) >= 11 is 0. The number of carbonyl (C=O) groups is 2. The number of aliphatic carboxylic acids is 1. The number of halogens is 7. The summed E-state index contributed by atoms with van der Waals surface area (Å²) in [6, 6.07) is 2.85. The zero-order valence-corrected chi connectivity index (χ0v) is 22.5. The molecule has 0 aliphatic carbocycles. The summed E-state index contributed by atoms with van der Waals surface area (Å²) in [7, 11) is 1.30. The van der Waals surface area contributed by atoms with Gasteiger partial charge in [0.1, 0.15) is 5.82 Å².